The van der Waals surface area contributed by atoms with Gasteiger partial charge in [-0.3, -0.25) is 4.68 Å². The van der Waals surface area contributed by atoms with E-state index in [1.165, 1.54) is 6.07 Å². The fourth-order valence-corrected chi connectivity index (χ4v) is 2.84. The van der Waals surface area contributed by atoms with Gasteiger partial charge in [0, 0.05) is 18.0 Å². The molecule has 0 aliphatic carbocycles. The maximum Gasteiger partial charge on any atom is 0.387 e. The van der Waals surface area contributed by atoms with Gasteiger partial charge in [0.05, 0.1) is 18.2 Å². The number of fused-ring (bicyclic) bond motifs is 1. The van der Waals surface area contributed by atoms with Crippen molar-refractivity contribution in [3.05, 3.63) is 29.7 Å². The maximum absolute atomic E-state index is 14.3. The highest BCUT2D eigenvalue weighted by Crippen LogP contribution is 2.40. The van der Waals surface area contributed by atoms with Crippen LogP contribution in [0.3, 0.4) is 0 Å². The van der Waals surface area contributed by atoms with Crippen LogP contribution in [0, 0.1) is 11.7 Å². The second-order valence-electron chi connectivity index (χ2n) is 6.09. The van der Waals surface area contributed by atoms with E-state index < -0.39 is 12.4 Å². The summed E-state index contributed by atoms with van der Waals surface area (Å²) in [6, 6.07) is 3.30. The molecule has 1 unspecified atom stereocenters. The molecule has 1 atom stereocenters. The van der Waals surface area contributed by atoms with Crippen LogP contribution >= 0.6 is 0 Å². The smallest absolute Gasteiger partial charge is 0.387 e. The summed E-state index contributed by atoms with van der Waals surface area (Å²) in [7, 11) is 0. The molecular formula is C17H17F3N2O3. The lowest BCUT2D eigenvalue weighted by molar-refractivity contribution is -0.112. The van der Waals surface area contributed by atoms with Crippen LogP contribution < -0.4 is 9.47 Å². The molecule has 0 saturated carbocycles. The summed E-state index contributed by atoms with van der Waals surface area (Å²) in [5.41, 5.74) is 0.913. The Morgan fingerprint density at radius 1 is 1.40 bits per heavy atom. The van der Waals surface area contributed by atoms with Gasteiger partial charge in [0.15, 0.2) is 5.75 Å². The van der Waals surface area contributed by atoms with Crippen molar-refractivity contribution in [2.75, 3.05) is 6.61 Å². The predicted octanol–water partition coefficient (Wildman–Crippen LogP) is 3.62. The number of hydrogen-bond acceptors (Lipinski definition) is 4. The van der Waals surface area contributed by atoms with Gasteiger partial charge in [-0.05, 0) is 32.0 Å². The van der Waals surface area contributed by atoms with Crippen molar-refractivity contribution >= 4 is 6.29 Å². The Balaban J connectivity index is 2.11. The molecule has 0 fully saturated rings. The molecule has 0 spiro atoms. The summed E-state index contributed by atoms with van der Waals surface area (Å²) in [6.07, 6.45) is 1.25. The van der Waals surface area contributed by atoms with E-state index in [4.69, 9.17) is 4.74 Å². The van der Waals surface area contributed by atoms with Crippen molar-refractivity contribution in [3.8, 4) is 22.8 Å². The van der Waals surface area contributed by atoms with Crippen molar-refractivity contribution < 1.29 is 27.4 Å². The molecule has 0 radical (unpaired) electrons. The summed E-state index contributed by atoms with van der Waals surface area (Å²) < 4.78 is 50.8. The summed E-state index contributed by atoms with van der Waals surface area (Å²) in [5.74, 6) is -0.715. The number of alkyl halides is 2. The van der Waals surface area contributed by atoms with Gasteiger partial charge >= 0.3 is 6.61 Å². The quantitative estimate of drug-likeness (QED) is 0.770. The number of ether oxygens (including phenoxy) is 2. The highest BCUT2D eigenvalue weighted by molar-refractivity contribution is 5.71. The molecule has 1 aliphatic heterocycles. The van der Waals surface area contributed by atoms with Crippen LogP contribution in [0.1, 0.15) is 25.6 Å². The number of aldehydes is 1. The number of benzene rings is 1. The Bertz CT molecular complexity index is 790. The Kier molecular flexibility index (Phi) is 4.69. The van der Waals surface area contributed by atoms with Gasteiger partial charge in [-0.2, -0.15) is 13.9 Å². The van der Waals surface area contributed by atoms with Crippen molar-refractivity contribution in [1.82, 2.24) is 9.78 Å². The van der Waals surface area contributed by atoms with Crippen LogP contribution in [0.15, 0.2) is 18.2 Å². The molecule has 25 heavy (non-hydrogen) atoms. The normalized spacial score (nSPS) is 16.7. The molecule has 0 N–H and O–H groups in total. The average Bonchev–Trinajstić information content (AvgIpc) is 2.95. The molecule has 1 aromatic carbocycles. The SMILES string of the molecule is CC(C)n1nc(-c2cc(OC(F)F)ccc2F)c2c1CC(C=O)CO2. The highest BCUT2D eigenvalue weighted by Gasteiger charge is 2.30. The largest absolute Gasteiger partial charge is 0.489 e. The molecule has 1 aliphatic rings. The molecule has 2 heterocycles. The lowest BCUT2D eigenvalue weighted by Crippen LogP contribution is -2.24. The van der Waals surface area contributed by atoms with Crippen LogP contribution in [0.2, 0.25) is 0 Å². The minimum atomic E-state index is -3.01. The predicted molar refractivity (Wildman–Crippen MR) is 83.4 cm³/mol. The zero-order valence-corrected chi connectivity index (χ0v) is 13.7. The van der Waals surface area contributed by atoms with E-state index in [1.54, 1.807) is 4.68 Å². The third-order valence-corrected chi connectivity index (χ3v) is 3.96. The van der Waals surface area contributed by atoms with E-state index in [2.05, 4.69) is 9.84 Å². The average molecular weight is 354 g/mol. The number of aromatic nitrogens is 2. The Labute approximate surface area is 142 Å². The van der Waals surface area contributed by atoms with E-state index in [1.807, 2.05) is 13.8 Å². The highest BCUT2D eigenvalue weighted by atomic mass is 19.3. The lowest BCUT2D eigenvalue weighted by Gasteiger charge is -2.21. The Morgan fingerprint density at radius 2 is 2.16 bits per heavy atom. The second-order valence-corrected chi connectivity index (χ2v) is 6.09. The van der Waals surface area contributed by atoms with Crippen LogP contribution in [0.5, 0.6) is 11.5 Å². The van der Waals surface area contributed by atoms with Crippen LogP contribution in [0.25, 0.3) is 11.3 Å². The molecule has 5 nitrogen and oxygen atoms in total. The standard InChI is InChI=1S/C17H17F3N2O3/c1-9(2)22-14-5-10(7-23)8-24-16(14)15(21-22)12-6-11(25-17(19)20)3-4-13(12)18/h3-4,6-7,9-10,17H,5,8H2,1-2H3. The molecule has 0 amide bonds. The number of hydrogen-bond donors (Lipinski definition) is 0. The third kappa shape index (κ3) is 3.33. The fourth-order valence-electron chi connectivity index (χ4n) is 2.84. The van der Waals surface area contributed by atoms with Gasteiger partial charge in [0.2, 0.25) is 0 Å². The van der Waals surface area contributed by atoms with Crippen molar-refractivity contribution in [2.45, 2.75) is 32.9 Å². The topological polar surface area (TPSA) is 53.4 Å². The third-order valence-electron chi connectivity index (χ3n) is 3.96. The van der Waals surface area contributed by atoms with Crippen LogP contribution in [-0.4, -0.2) is 29.3 Å². The minimum absolute atomic E-state index is 0.0124. The summed E-state index contributed by atoms with van der Waals surface area (Å²) in [5, 5.41) is 4.40. The summed E-state index contributed by atoms with van der Waals surface area (Å²) >= 11 is 0. The Morgan fingerprint density at radius 3 is 2.80 bits per heavy atom. The first-order valence-corrected chi connectivity index (χ1v) is 7.85. The maximum atomic E-state index is 14.3. The van der Waals surface area contributed by atoms with E-state index in [9.17, 15) is 18.0 Å². The first-order chi connectivity index (χ1) is 11.9. The first-order valence-electron chi connectivity index (χ1n) is 7.85. The molecule has 2 aromatic rings. The number of carbonyl (C=O) groups excluding carboxylic acids is 1. The molecule has 0 bridgehead atoms. The summed E-state index contributed by atoms with van der Waals surface area (Å²) in [6.45, 7) is 0.954. The van der Waals surface area contributed by atoms with Crippen molar-refractivity contribution in [1.29, 1.82) is 0 Å². The monoisotopic (exact) mass is 354 g/mol. The van der Waals surface area contributed by atoms with E-state index in [0.717, 1.165) is 18.4 Å². The fraction of sp³-hybridized carbons (Fsp3) is 0.412. The molecule has 8 heteroatoms. The lowest BCUT2D eigenvalue weighted by atomic mass is 10.0. The summed E-state index contributed by atoms with van der Waals surface area (Å²) in [4.78, 5) is 11.1. The minimum Gasteiger partial charge on any atom is -0.489 e. The van der Waals surface area contributed by atoms with Gasteiger partial charge in [-0.1, -0.05) is 0 Å². The molecular weight excluding hydrogens is 337 g/mol. The number of carbonyl (C=O) groups is 1. The number of halogens is 3. The Hall–Kier alpha value is -2.51. The second kappa shape index (κ2) is 6.78. The first kappa shape index (κ1) is 17.3. The van der Waals surface area contributed by atoms with Gasteiger partial charge in [0.25, 0.3) is 0 Å². The number of rotatable bonds is 5. The van der Waals surface area contributed by atoms with Gasteiger partial charge in [-0.25, -0.2) is 4.39 Å². The van der Waals surface area contributed by atoms with Crippen LogP contribution in [0.4, 0.5) is 13.2 Å². The van der Waals surface area contributed by atoms with Crippen molar-refractivity contribution in [3.63, 3.8) is 0 Å². The van der Waals surface area contributed by atoms with Gasteiger partial charge < -0.3 is 14.3 Å². The van der Waals surface area contributed by atoms with E-state index in [-0.39, 0.29) is 35.6 Å². The van der Waals surface area contributed by atoms with Gasteiger partial charge in [-0.15, -0.1) is 0 Å². The molecule has 1 aromatic heterocycles. The zero-order valence-electron chi connectivity index (χ0n) is 13.7. The van der Waals surface area contributed by atoms with Gasteiger partial charge in [0.1, 0.15) is 23.5 Å². The molecule has 134 valence electrons. The molecule has 0 saturated heterocycles. The van der Waals surface area contributed by atoms with Crippen LogP contribution in [-0.2, 0) is 11.2 Å². The number of nitrogens with zero attached hydrogens (tertiary/aromatic N) is 2. The van der Waals surface area contributed by atoms with Crippen molar-refractivity contribution in [2.24, 2.45) is 5.92 Å². The molecule has 3 rings (SSSR count). The van der Waals surface area contributed by atoms with E-state index in [0.29, 0.717) is 17.9 Å². The zero-order chi connectivity index (χ0) is 18.1. The van der Waals surface area contributed by atoms with E-state index >= 15 is 0 Å².